The molecule has 0 aliphatic heterocycles. The first-order valence-corrected chi connectivity index (χ1v) is 11.4. The number of carbonyl (C=O) groups is 1. The summed E-state index contributed by atoms with van der Waals surface area (Å²) in [7, 11) is 0. The number of halogens is 4. The van der Waals surface area contributed by atoms with Crippen LogP contribution in [-0.2, 0) is 23.8 Å². The lowest BCUT2D eigenvalue weighted by Gasteiger charge is -2.09. The lowest BCUT2D eigenvalue weighted by atomic mass is 10.1. The molecule has 2 N–H and O–H groups in total. The molecular formula is C23H23ClF3N3OS. The van der Waals surface area contributed by atoms with Gasteiger partial charge in [0.15, 0.2) is 5.13 Å². The van der Waals surface area contributed by atoms with E-state index < -0.39 is 11.7 Å². The molecule has 0 spiro atoms. The quantitative estimate of drug-likeness (QED) is 0.353. The van der Waals surface area contributed by atoms with E-state index in [0.29, 0.717) is 15.6 Å². The first kappa shape index (κ1) is 24.1. The number of rotatable bonds is 9. The third kappa shape index (κ3) is 6.97. The largest absolute Gasteiger partial charge is 0.416 e. The average molecular weight is 482 g/mol. The van der Waals surface area contributed by atoms with Gasteiger partial charge in [-0.1, -0.05) is 37.1 Å². The summed E-state index contributed by atoms with van der Waals surface area (Å²) in [5, 5.41) is 6.40. The van der Waals surface area contributed by atoms with Gasteiger partial charge in [-0.05, 0) is 54.3 Å². The molecule has 0 aliphatic rings. The van der Waals surface area contributed by atoms with Gasteiger partial charge in [-0.15, -0.1) is 11.3 Å². The SMILES string of the molecule is CCCCc1ccc(NCC(=O)Nc2ncc(Cc3cc(C(F)(F)F)ccc3Cl)s2)cc1. The number of carbonyl (C=O) groups excluding carboxylic acids is 1. The Morgan fingerprint density at radius 2 is 1.91 bits per heavy atom. The minimum Gasteiger partial charge on any atom is -0.376 e. The van der Waals surface area contributed by atoms with E-state index in [0.717, 1.165) is 37.1 Å². The van der Waals surface area contributed by atoms with Gasteiger partial charge in [-0.2, -0.15) is 13.2 Å². The number of hydrogen-bond donors (Lipinski definition) is 2. The lowest BCUT2D eigenvalue weighted by Crippen LogP contribution is -2.21. The summed E-state index contributed by atoms with van der Waals surface area (Å²) in [5.41, 5.74) is 1.71. The van der Waals surface area contributed by atoms with Crippen LogP contribution in [0.2, 0.25) is 5.02 Å². The van der Waals surface area contributed by atoms with Crippen LogP contribution in [-0.4, -0.2) is 17.4 Å². The molecule has 0 aliphatic carbocycles. The molecule has 0 saturated carbocycles. The number of hydrogen-bond acceptors (Lipinski definition) is 4. The van der Waals surface area contributed by atoms with Crippen molar-refractivity contribution in [3.63, 3.8) is 0 Å². The van der Waals surface area contributed by atoms with Crippen molar-refractivity contribution in [2.24, 2.45) is 0 Å². The van der Waals surface area contributed by atoms with Gasteiger partial charge in [0.05, 0.1) is 12.1 Å². The minimum atomic E-state index is -4.44. The predicted molar refractivity (Wildman–Crippen MR) is 124 cm³/mol. The van der Waals surface area contributed by atoms with Crippen molar-refractivity contribution in [3.05, 3.63) is 75.3 Å². The topological polar surface area (TPSA) is 54.0 Å². The van der Waals surface area contributed by atoms with Gasteiger partial charge >= 0.3 is 6.18 Å². The monoisotopic (exact) mass is 481 g/mol. The van der Waals surface area contributed by atoms with Gasteiger partial charge in [0.2, 0.25) is 5.91 Å². The number of alkyl halides is 3. The number of nitrogens with zero attached hydrogens (tertiary/aromatic N) is 1. The Morgan fingerprint density at radius 1 is 1.16 bits per heavy atom. The van der Waals surface area contributed by atoms with Gasteiger partial charge in [0, 0.05) is 28.2 Å². The maximum absolute atomic E-state index is 12.9. The Labute approximate surface area is 193 Å². The van der Waals surface area contributed by atoms with Crippen LogP contribution in [0.25, 0.3) is 0 Å². The van der Waals surface area contributed by atoms with E-state index in [1.807, 2.05) is 24.3 Å². The van der Waals surface area contributed by atoms with E-state index in [2.05, 4.69) is 22.5 Å². The van der Waals surface area contributed by atoms with Crippen molar-refractivity contribution in [2.45, 2.75) is 38.8 Å². The zero-order valence-corrected chi connectivity index (χ0v) is 19.0. The zero-order chi connectivity index (χ0) is 23.1. The van der Waals surface area contributed by atoms with Crippen molar-refractivity contribution < 1.29 is 18.0 Å². The maximum atomic E-state index is 12.9. The molecular weight excluding hydrogens is 459 g/mol. The molecule has 0 fully saturated rings. The molecule has 1 heterocycles. The van der Waals surface area contributed by atoms with Crippen molar-refractivity contribution in [2.75, 3.05) is 17.2 Å². The molecule has 0 atom stereocenters. The number of nitrogens with one attached hydrogen (secondary N) is 2. The van der Waals surface area contributed by atoms with Crippen LogP contribution in [0.15, 0.2) is 48.7 Å². The number of amides is 1. The van der Waals surface area contributed by atoms with Crippen molar-refractivity contribution in [1.82, 2.24) is 4.98 Å². The average Bonchev–Trinajstić information content (AvgIpc) is 3.19. The van der Waals surface area contributed by atoms with Gasteiger partial charge in [-0.25, -0.2) is 4.98 Å². The molecule has 1 amide bonds. The van der Waals surface area contributed by atoms with Gasteiger partial charge in [0.1, 0.15) is 0 Å². The molecule has 32 heavy (non-hydrogen) atoms. The highest BCUT2D eigenvalue weighted by Gasteiger charge is 2.30. The van der Waals surface area contributed by atoms with E-state index in [-0.39, 0.29) is 23.9 Å². The number of anilines is 2. The molecule has 4 nitrogen and oxygen atoms in total. The van der Waals surface area contributed by atoms with Crippen molar-refractivity contribution in [3.8, 4) is 0 Å². The third-order valence-corrected chi connectivity index (χ3v) is 6.05. The number of thiazole rings is 1. The number of benzene rings is 2. The van der Waals surface area contributed by atoms with E-state index >= 15 is 0 Å². The number of aromatic nitrogens is 1. The highest BCUT2D eigenvalue weighted by atomic mass is 35.5. The van der Waals surface area contributed by atoms with Crippen LogP contribution in [0, 0.1) is 0 Å². The summed E-state index contributed by atoms with van der Waals surface area (Å²) >= 11 is 7.26. The fraction of sp³-hybridized carbons (Fsp3) is 0.304. The van der Waals surface area contributed by atoms with Crippen molar-refractivity contribution >= 4 is 39.7 Å². The molecule has 1 aromatic heterocycles. The highest BCUT2D eigenvalue weighted by molar-refractivity contribution is 7.15. The van der Waals surface area contributed by atoms with Gasteiger partial charge in [0.25, 0.3) is 0 Å². The van der Waals surface area contributed by atoms with Gasteiger partial charge in [-0.3, -0.25) is 4.79 Å². The molecule has 0 unspecified atom stereocenters. The van der Waals surface area contributed by atoms with Crippen LogP contribution < -0.4 is 10.6 Å². The summed E-state index contributed by atoms with van der Waals surface area (Å²) < 4.78 is 38.8. The Kier molecular flexibility index (Phi) is 8.15. The zero-order valence-electron chi connectivity index (χ0n) is 17.4. The molecule has 170 valence electrons. The summed E-state index contributed by atoms with van der Waals surface area (Å²) in [6.07, 6.45) is 0.610. The first-order valence-electron chi connectivity index (χ1n) is 10.2. The smallest absolute Gasteiger partial charge is 0.376 e. The lowest BCUT2D eigenvalue weighted by molar-refractivity contribution is -0.137. The highest BCUT2D eigenvalue weighted by Crippen LogP contribution is 2.33. The molecule has 0 radical (unpaired) electrons. The molecule has 9 heteroatoms. The molecule has 0 bridgehead atoms. The summed E-state index contributed by atoms with van der Waals surface area (Å²) in [6, 6.07) is 11.2. The summed E-state index contributed by atoms with van der Waals surface area (Å²) in [5.74, 6) is -0.266. The second-order valence-electron chi connectivity index (χ2n) is 7.31. The van der Waals surface area contributed by atoms with E-state index in [4.69, 9.17) is 11.6 Å². The first-order chi connectivity index (χ1) is 15.2. The fourth-order valence-corrected chi connectivity index (χ4v) is 4.07. The molecule has 0 saturated heterocycles. The summed E-state index contributed by atoms with van der Waals surface area (Å²) in [6.45, 7) is 2.23. The van der Waals surface area contributed by atoms with E-state index in [1.165, 1.54) is 29.2 Å². The maximum Gasteiger partial charge on any atom is 0.416 e. The second-order valence-corrected chi connectivity index (χ2v) is 8.84. The van der Waals surface area contributed by atoms with E-state index in [1.54, 1.807) is 0 Å². The van der Waals surface area contributed by atoms with Gasteiger partial charge < -0.3 is 10.6 Å². The van der Waals surface area contributed by atoms with Crippen LogP contribution in [0.1, 0.15) is 41.3 Å². The number of aryl methyl sites for hydroxylation is 1. The normalized spacial score (nSPS) is 11.4. The Hall–Kier alpha value is -2.58. The Balaban J connectivity index is 1.53. The fourth-order valence-electron chi connectivity index (χ4n) is 3.04. The van der Waals surface area contributed by atoms with Crippen LogP contribution in [0.3, 0.4) is 0 Å². The Morgan fingerprint density at radius 3 is 2.59 bits per heavy atom. The molecule has 2 aromatic carbocycles. The van der Waals surface area contributed by atoms with Crippen LogP contribution >= 0.6 is 22.9 Å². The summed E-state index contributed by atoms with van der Waals surface area (Å²) in [4.78, 5) is 17.1. The van der Waals surface area contributed by atoms with E-state index in [9.17, 15) is 18.0 Å². The second kappa shape index (κ2) is 10.8. The number of unbranched alkanes of at least 4 members (excludes halogenated alkanes) is 1. The predicted octanol–water partition coefficient (Wildman–Crippen LogP) is 6.80. The van der Waals surface area contributed by atoms with Crippen LogP contribution in [0.5, 0.6) is 0 Å². The minimum absolute atomic E-state index is 0.0721. The van der Waals surface area contributed by atoms with Crippen LogP contribution in [0.4, 0.5) is 24.0 Å². The third-order valence-electron chi connectivity index (χ3n) is 4.76. The standard InChI is InChI=1S/C23H23ClF3N3OS/c1-2-3-4-15-5-8-18(9-6-15)28-14-21(31)30-22-29-13-19(32-22)12-16-11-17(23(25,26)27)7-10-20(16)24/h5-11,13,28H,2-4,12,14H2,1H3,(H,29,30,31). The Bertz CT molecular complexity index is 1050. The molecule has 3 rings (SSSR count). The van der Waals surface area contributed by atoms with Crippen molar-refractivity contribution in [1.29, 1.82) is 0 Å². The molecule has 3 aromatic rings.